The van der Waals surface area contributed by atoms with Gasteiger partial charge < -0.3 is 8.83 Å². The van der Waals surface area contributed by atoms with Crippen LogP contribution >= 0.6 is 0 Å². The van der Waals surface area contributed by atoms with Crippen LogP contribution < -0.4 is 0 Å². The number of aryl methyl sites for hydroxylation is 2. The first kappa shape index (κ1) is 27.3. The van der Waals surface area contributed by atoms with Gasteiger partial charge >= 0.3 is 0 Å². The van der Waals surface area contributed by atoms with Gasteiger partial charge in [-0.15, -0.1) is 0 Å². The minimum Gasteiger partial charge on any atom is -0.460 e. The monoisotopic (exact) mass is 635 g/mol. The highest BCUT2D eigenvalue weighted by Crippen LogP contribution is 2.43. The number of furan rings is 2. The molecule has 0 fully saturated rings. The summed E-state index contributed by atoms with van der Waals surface area (Å²) in [6.45, 7) is 0. The van der Waals surface area contributed by atoms with Crippen molar-refractivity contribution < 1.29 is 8.83 Å². The van der Waals surface area contributed by atoms with Gasteiger partial charge in [-0.2, -0.15) is 0 Å². The highest BCUT2D eigenvalue weighted by molar-refractivity contribution is 5.98. The van der Waals surface area contributed by atoms with Gasteiger partial charge in [-0.1, -0.05) is 60.7 Å². The summed E-state index contributed by atoms with van der Waals surface area (Å²) >= 11 is 0. The van der Waals surface area contributed by atoms with Crippen LogP contribution in [0.15, 0.2) is 98.9 Å². The lowest BCUT2D eigenvalue weighted by atomic mass is 9.84. The van der Waals surface area contributed by atoms with Crippen molar-refractivity contribution in [3.63, 3.8) is 0 Å². The summed E-state index contributed by atoms with van der Waals surface area (Å²) in [5, 5.41) is 3.43. The number of aromatic nitrogens is 3. The molecule has 4 aliphatic rings. The summed E-state index contributed by atoms with van der Waals surface area (Å²) in [5.41, 5.74) is 15.5. The molecule has 0 N–H and O–H groups in total. The van der Waals surface area contributed by atoms with E-state index < -0.39 is 0 Å². The van der Waals surface area contributed by atoms with Crippen LogP contribution in [0.25, 0.3) is 74.4 Å². The maximum Gasteiger partial charge on any atom is 0.235 e. The summed E-state index contributed by atoms with van der Waals surface area (Å²) in [7, 11) is 0. The van der Waals surface area contributed by atoms with Crippen LogP contribution in [0.1, 0.15) is 70.8 Å². The second-order valence-corrected chi connectivity index (χ2v) is 13.8. The van der Waals surface area contributed by atoms with Gasteiger partial charge in [0.15, 0.2) is 0 Å². The molecule has 4 aliphatic carbocycles. The van der Waals surface area contributed by atoms with Crippen molar-refractivity contribution in [3.8, 4) is 17.2 Å². The van der Waals surface area contributed by atoms with Crippen LogP contribution in [0.2, 0.25) is 0 Å². The molecule has 0 saturated heterocycles. The Kier molecular flexibility index (Phi) is 5.80. The van der Waals surface area contributed by atoms with Gasteiger partial charge in [0.25, 0.3) is 0 Å². The molecule has 0 saturated carbocycles. The van der Waals surface area contributed by atoms with Crippen molar-refractivity contribution in [1.82, 2.24) is 14.5 Å². The molecule has 49 heavy (non-hydrogen) atoms. The van der Waals surface area contributed by atoms with Gasteiger partial charge in [0.2, 0.25) is 5.95 Å². The molecule has 4 heterocycles. The normalized spacial score (nSPS) is 16.4. The van der Waals surface area contributed by atoms with Gasteiger partial charge in [0.1, 0.15) is 22.7 Å². The molecule has 11 rings (SSSR count). The van der Waals surface area contributed by atoms with Crippen molar-refractivity contribution in [1.29, 1.82) is 0 Å². The predicted molar refractivity (Wildman–Crippen MR) is 198 cm³/mol. The molecular formula is C44H33N3O2. The number of nitrogens with zero attached hydrogens (tertiary/aromatic N) is 3. The number of benzene rings is 3. The average Bonchev–Trinajstić information content (AvgIpc) is 3.83. The minimum absolute atomic E-state index is 0.763. The standard InChI is InChI=1S/C44H33N3O2/c1-5-13-36-32(12-1)43(28-19-22-42-35(25-28)31-11-4-8-16-40(31)49-42)46-44(45-36)47-37-14-6-2-9-29(37)33-23-26(17-20-38(33)47)27-18-21-41-34(24-27)30-10-3-7-15-39(30)48-41/h1-5,7,9-13,15,19,22-25H,6,8,14,16-18,20-21H2. The highest BCUT2D eigenvalue weighted by Gasteiger charge is 2.29. The number of fused-ring (bicyclic) bond motifs is 10. The number of rotatable bonds is 3. The summed E-state index contributed by atoms with van der Waals surface area (Å²) < 4.78 is 14.9. The molecule has 0 radical (unpaired) electrons. The fraction of sp³-hybridized carbons (Fsp3) is 0.182. The maximum atomic E-state index is 6.25. The zero-order valence-corrected chi connectivity index (χ0v) is 27.1. The third-order valence-corrected chi connectivity index (χ3v) is 11.0. The number of hydrogen-bond acceptors (Lipinski definition) is 4. The van der Waals surface area contributed by atoms with Crippen LogP contribution in [0.5, 0.6) is 0 Å². The maximum absolute atomic E-state index is 6.25. The lowest BCUT2D eigenvalue weighted by Gasteiger charge is -2.21. The van der Waals surface area contributed by atoms with E-state index in [4.69, 9.17) is 18.8 Å². The lowest BCUT2D eigenvalue weighted by molar-refractivity contribution is 0.543. The largest absolute Gasteiger partial charge is 0.460 e. The van der Waals surface area contributed by atoms with E-state index in [1.165, 1.54) is 50.2 Å². The van der Waals surface area contributed by atoms with E-state index >= 15 is 0 Å². The van der Waals surface area contributed by atoms with E-state index in [0.717, 1.165) is 108 Å². The Labute approximate surface area is 283 Å². The van der Waals surface area contributed by atoms with Crippen molar-refractivity contribution in [2.24, 2.45) is 0 Å². The Morgan fingerprint density at radius 2 is 1.27 bits per heavy atom. The van der Waals surface area contributed by atoms with E-state index in [1.807, 2.05) is 0 Å². The van der Waals surface area contributed by atoms with Crippen molar-refractivity contribution in [2.45, 2.75) is 51.4 Å². The Balaban J connectivity index is 1.07. The summed E-state index contributed by atoms with van der Waals surface area (Å²) in [6, 6.07) is 23.4. The van der Waals surface area contributed by atoms with E-state index in [9.17, 15) is 0 Å². The molecule has 4 aromatic heterocycles. The van der Waals surface area contributed by atoms with Crippen LogP contribution in [0.3, 0.4) is 0 Å². The van der Waals surface area contributed by atoms with Gasteiger partial charge in [-0.25, -0.2) is 9.97 Å². The Morgan fingerprint density at radius 3 is 2.18 bits per heavy atom. The third-order valence-electron chi connectivity index (χ3n) is 11.0. The van der Waals surface area contributed by atoms with E-state index in [-0.39, 0.29) is 0 Å². The van der Waals surface area contributed by atoms with Crippen LogP contribution in [-0.4, -0.2) is 14.5 Å². The molecular weight excluding hydrogens is 603 g/mol. The Hall–Kier alpha value is -5.68. The molecule has 0 atom stereocenters. The second kappa shape index (κ2) is 10.4. The molecule has 0 unspecified atom stereocenters. The fourth-order valence-electron chi connectivity index (χ4n) is 8.66. The fourth-order valence-corrected chi connectivity index (χ4v) is 8.66. The third kappa shape index (κ3) is 4.11. The zero-order valence-electron chi connectivity index (χ0n) is 27.1. The van der Waals surface area contributed by atoms with E-state index in [2.05, 4.69) is 108 Å². The molecule has 236 valence electrons. The molecule has 0 amide bonds. The smallest absolute Gasteiger partial charge is 0.235 e. The minimum atomic E-state index is 0.763. The Bertz CT molecular complexity index is 2670. The molecule has 5 heteroatoms. The molecule has 5 nitrogen and oxygen atoms in total. The number of allylic oxidation sites excluding steroid dienone is 4. The SMILES string of the molecule is C1=Cc2c(oc3ccc(-c4nc(-n5c6c(c7c5CCC(C5=Cc8c(oc9ccccc89)CC5)=C7)C=CCC6)nc5ccccc45)cc23)CC1. The average molecular weight is 636 g/mol. The lowest BCUT2D eigenvalue weighted by Crippen LogP contribution is -2.13. The van der Waals surface area contributed by atoms with Crippen LogP contribution in [0.4, 0.5) is 0 Å². The molecule has 3 aromatic carbocycles. The number of hydrogen-bond donors (Lipinski definition) is 0. The van der Waals surface area contributed by atoms with Crippen LogP contribution in [-0.2, 0) is 25.7 Å². The van der Waals surface area contributed by atoms with E-state index in [1.54, 1.807) is 0 Å². The summed E-state index contributed by atoms with van der Waals surface area (Å²) in [5.74, 6) is 2.96. The molecule has 0 bridgehead atoms. The molecule has 0 spiro atoms. The van der Waals surface area contributed by atoms with Crippen LogP contribution in [0, 0.1) is 0 Å². The van der Waals surface area contributed by atoms with Gasteiger partial charge in [0.05, 0.1) is 11.2 Å². The Morgan fingerprint density at radius 1 is 0.551 bits per heavy atom. The van der Waals surface area contributed by atoms with Gasteiger partial charge in [-0.05, 0) is 92.2 Å². The molecule has 0 aliphatic heterocycles. The summed E-state index contributed by atoms with van der Waals surface area (Å²) in [6.07, 6.45) is 21.8. The summed E-state index contributed by atoms with van der Waals surface area (Å²) in [4.78, 5) is 10.7. The van der Waals surface area contributed by atoms with Gasteiger partial charge in [-0.3, -0.25) is 4.57 Å². The molecule has 7 aromatic rings. The first-order valence-electron chi connectivity index (χ1n) is 17.6. The van der Waals surface area contributed by atoms with E-state index in [0.29, 0.717) is 0 Å². The van der Waals surface area contributed by atoms with Crippen molar-refractivity contribution in [2.75, 3.05) is 0 Å². The van der Waals surface area contributed by atoms with Gasteiger partial charge in [0, 0.05) is 68.2 Å². The first-order chi connectivity index (χ1) is 24.3. The van der Waals surface area contributed by atoms with Crippen molar-refractivity contribution in [3.05, 3.63) is 135 Å². The zero-order chi connectivity index (χ0) is 32.1. The number of para-hydroxylation sites is 2. The highest BCUT2D eigenvalue weighted by atomic mass is 16.3. The second-order valence-electron chi connectivity index (χ2n) is 13.8. The first-order valence-corrected chi connectivity index (χ1v) is 17.6. The van der Waals surface area contributed by atoms with Crippen molar-refractivity contribution >= 4 is 57.1 Å². The predicted octanol–water partition coefficient (Wildman–Crippen LogP) is 10.9. The topological polar surface area (TPSA) is 57.0 Å². The quantitative estimate of drug-likeness (QED) is 0.194.